The number of carbonyl (C=O) groups is 1. The van der Waals surface area contributed by atoms with Gasteiger partial charge in [-0.2, -0.15) is 0 Å². The number of imidazole rings is 1. The second kappa shape index (κ2) is 13.8. The summed E-state index contributed by atoms with van der Waals surface area (Å²) in [5.74, 6) is 1.14. The number of nitrogens with one attached hydrogen (secondary N) is 1. The summed E-state index contributed by atoms with van der Waals surface area (Å²) in [7, 11) is 0. The van der Waals surface area contributed by atoms with Crippen molar-refractivity contribution in [2.24, 2.45) is 0 Å². The lowest BCUT2D eigenvalue weighted by atomic mass is 10.1. The van der Waals surface area contributed by atoms with Crippen LogP contribution in [0.2, 0.25) is 0 Å². The summed E-state index contributed by atoms with van der Waals surface area (Å²) in [4.78, 5) is 17.3. The fourth-order valence-electron chi connectivity index (χ4n) is 4.48. The standard InChI is InChI=1S/C29H41N3O/c1-3-4-5-6-7-8-9-10-13-22-32-27-19-12-11-18-26(27)31-28(32)20-15-21-30-29(33)25-17-14-16-24(2)23-25/h11-12,14,16-19,23H,3-10,13,15,20-22H2,1-2H3,(H,30,33). The van der Waals surface area contributed by atoms with E-state index in [1.807, 2.05) is 31.2 Å². The smallest absolute Gasteiger partial charge is 0.251 e. The molecule has 1 N–H and O–H groups in total. The molecule has 0 spiro atoms. The van der Waals surface area contributed by atoms with Gasteiger partial charge < -0.3 is 9.88 Å². The minimum absolute atomic E-state index is 0.00176. The van der Waals surface area contributed by atoms with E-state index in [0.717, 1.165) is 41.9 Å². The monoisotopic (exact) mass is 447 g/mol. The zero-order valence-electron chi connectivity index (χ0n) is 20.6. The lowest BCUT2D eigenvalue weighted by molar-refractivity contribution is 0.0953. The molecule has 0 saturated heterocycles. The van der Waals surface area contributed by atoms with Crippen molar-refractivity contribution in [1.29, 1.82) is 0 Å². The van der Waals surface area contributed by atoms with Gasteiger partial charge in [0.2, 0.25) is 0 Å². The maximum Gasteiger partial charge on any atom is 0.251 e. The number of hydrogen-bond donors (Lipinski definition) is 1. The van der Waals surface area contributed by atoms with Crippen molar-refractivity contribution in [3.8, 4) is 0 Å². The average Bonchev–Trinajstić information content (AvgIpc) is 3.18. The molecule has 178 valence electrons. The van der Waals surface area contributed by atoms with Gasteiger partial charge in [0.25, 0.3) is 5.91 Å². The summed E-state index contributed by atoms with van der Waals surface area (Å²) < 4.78 is 2.40. The van der Waals surface area contributed by atoms with Crippen LogP contribution in [0.1, 0.15) is 92.9 Å². The maximum atomic E-state index is 12.4. The summed E-state index contributed by atoms with van der Waals surface area (Å²) in [5, 5.41) is 3.06. The van der Waals surface area contributed by atoms with E-state index in [1.54, 1.807) is 0 Å². The number of amides is 1. The number of nitrogens with zero attached hydrogens (tertiary/aromatic N) is 2. The molecule has 3 rings (SSSR count). The molecule has 2 aromatic carbocycles. The molecule has 1 heterocycles. The molecular weight excluding hydrogens is 406 g/mol. The van der Waals surface area contributed by atoms with Gasteiger partial charge in [0.05, 0.1) is 11.0 Å². The molecule has 0 bridgehead atoms. The molecule has 0 aliphatic heterocycles. The van der Waals surface area contributed by atoms with Crippen LogP contribution in [0.15, 0.2) is 48.5 Å². The predicted octanol–water partition coefficient (Wildman–Crippen LogP) is 7.24. The number of aromatic nitrogens is 2. The zero-order chi connectivity index (χ0) is 23.3. The van der Waals surface area contributed by atoms with Gasteiger partial charge in [-0.25, -0.2) is 4.98 Å². The van der Waals surface area contributed by atoms with Crippen LogP contribution in [0.25, 0.3) is 11.0 Å². The van der Waals surface area contributed by atoms with Crippen molar-refractivity contribution in [3.63, 3.8) is 0 Å². The van der Waals surface area contributed by atoms with Gasteiger partial charge >= 0.3 is 0 Å². The normalized spacial score (nSPS) is 11.2. The number of rotatable bonds is 15. The largest absolute Gasteiger partial charge is 0.352 e. The summed E-state index contributed by atoms with van der Waals surface area (Å²) in [6, 6.07) is 16.2. The Labute approximate surface area is 199 Å². The molecule has 4 heteroatoms. The van der Waals surface area contributed by atoms with Crippen molar-refractivity contribution in [2.45, 2.75) is 91.0 Å². The molecule has 0 fully saturated rings. The first kappa shape index (κ1) is 25.0. The molecule has 0 aliphatic carbocycles. The Morgan fingerprint density at radius 1 is 0.879 bits per heavy atom. The Morgan fingerprint density at radius 3 is 2.36 bits per heavy atom. The summed E-state index contributed by atoms with van der Waals surface area (Å²) in [5.41, 5.74) is 4.14. The highest BCUT2D eigenvalue weighted by Crippen LogP contribution is 2.19. The highest BCUT2D eigenvalue weighted by Gasteiger charge is 2.11. The molecule has 0 atom stereocenters. The van der Waals surface area contributed by atoms with E-state index in [9.17, 15) is 4.79 Å². The van der Waals surface area contributed by atoms with E-state index in [0.29, 0.717) is 6.54 Å². The molecular formula is C29H41N3O. The van der Waals surface area contributed by atoms with Crippen LogP contribution in [0.4, 0.5) is 0 Å². The molecule has 3 aromatic rings. The van der Waals surface area contributed by atoms with Crippen molar-refractivity contribution >= 4 is 16.9 Å². The first-order valence-electron chi connectivity index (χ1n) is 13.0. The summed E-state index contributed by atoms with van der Waals surface area (Å²) in [6.07, 6.45) is 13.8. The molecule has 0 saturated carbocycles. The Hall–Kier alpha value is -2.62. The van der Waals surface area contributed by atoms with Crippen LogP contribution in [0, 0.1) is 6.92 Å². The van der Waals surface area contributed by atoms with Crippen molar-refractivity contribution < 1.29 is 4.79 Å². The van der Waals surface area contributed by atoms with Crippen LogP contribution < -0.4 is 5.32 Å². The molecule has 1 aromatic heterocycles. The third-order valence-corrected chi connectivity index (χ3v) is 6.36. The first-order chi connectivity index (χ1) is 16.2. The van der Waals surface area contributed by atoms with Gasteiger partial charge in [0, 0.05) is 25.1 Å². The van der Waals surface area contributed by atoms with E-state index in [2.05, 4.69) is 41.1 Å². The molecule has 0 unspecified atom stereocenters. The second-order valence-corrected chi connectivity index (χ2v) is 9.23. The molecule has 4 nitrogen and oxygen atoms in total. The fourth-order valence-corrected chi connectivity index (χ4v) is 4.48. The van der Waals surface area contributed by atoms with E-state index in [-0.39, 0.29) is 5.91 Å². The second-order valence-electron chi connectivity index (χ2n) is 9.23. The van der Waals surface area contributed by atoms with E-state index in [1.165, 1.54) is 63.3 Å². The maximum absolute atomic E-state index is 12.4. The number of aryl methyl sites for hydroxylation is 3. The lowest BCUT2D eigenvalue weighted by Crippen LogP contribution is -2.25. The van der Waals surface area contributed by atoms with Crippen molar-refractivity contribution in [3.05, 3.63) is 65.5 Å². The Morgan fingerprint density at radius 2 is 1.61 bits per heavy atom. The lowest BCUT2D eigenvalue weighted by Gasteiger charge is -2.10. The van der Waals surface area contributed by atoms with Gasteiger partial charge in [0.1, 0.15) is 5.82 Å². The zero-order valence-corrected chi connectivity index (χ0v) is 20.6. The first-order valence-corrected chi connectivity index (χ1v) is 13.0. The highest BCUT2D eigenvalue weighted by atomic mass is 16.1. The average molecular weight is 448 g/mol. The molecule has 33 heavy (non-hydrogen) atoms. The van der Waals surface area contributed by atoms with Crippen LogP contribution in [0.5, 0.6) is 0 Å². The van der Waals surface area contributed by atoms with Gasteiger partial charge in [-0.15, -0.1) is 0 Å². The van der Waals surface area contributed by atoms with E-state index >= 15 is 0 Å². The van der Waals surface area contributed by atoms with Gasteiger partial charge in [-0.1, -0.05) is 88.1 Å². The fraction of sp³-hybridized carbons (Fsp3) is 0.517. The Balaban J connectivity index is 1.45. The molecule has 0 aliphatic rings. The van der Waals surface area contributed by atoms with Crippen LogP contribution in [0.3, 0.4) is 0 Å². The van der Waals surface area contributed by atoms with Crippen LogP contribution in [-0.4, -0.2) is 22.0 Å². The predicted molar refractivity (Wildman–Crippen MR) is 139 cm³/mol. The van der Waals surface area contributed by atoms with E-state index in [4.69, 9.17) is 4.98 Å². The van der Waals surface area contributed by atoms with Crippen molar-refractivity contribution in [1.82, 2.24) is 14.9 Å². The SMILES string of the molecule is CCCCCCCCCCCn1c(CCCNC(=O)c2cccc(C)c2)nc2ccccc21. The number of fused-ring (bicyclic) bond motifs is 1. The topological polar surface area (TPSA) is 46.9 Å². The number of unbranched alkanes of at least 4 members (excludes halogenated alkanes) is 8. The minimum Gasteiger partial charge on any atom is -0.352 e. The highest BCUT2D eigenvalue weighted by molar-refractivity contribution is 5.94. The van der Waals surface area contributed by atoms with E-state index < -0.39 is 0 Å². The molecule has 0 radical (unpaired) electrons. The Bertz CT molecular complexity index is 991. The summed E-state index contributed by atoms with van der Waals surface area (Å²) >= 11 is 0. The molecule has 1 amide bonds. The third-order valence-electron chi connectivity index (χ3n) is 6.36. The minimum atomic E-state index is 0.00176. The van der Waals surface area contributed by atoms with Crippen LogP contribution >= 0.6 is 0 Å². The third kappa shape index (κ3) is 8.03. The number of benzene rings is 2. The number of hydrogen-bond acceptors (Lipinski definition) is 2. The quantitative estimate of drug-likeness (QED) is 0.250. The number of para-hydroxylation sites is 2. The van der Waals surface area contributed by atoms with Crippen molar-refractivity contribution in [2.75, 3.05) is 6.54 Å². The summed E-state index contributed by atoms with van der Waals surface area (Å²) in [6.45, 7) is 5.97. The Kier molecular flexibility index (Phi) is 10.5. The van der Waals surface area contributed by atoms with Gasteiger partial charge in [-0.05, 0) is 44.0 Å². The number of carbonyl (C=O) groups excluding carboxylic acids is 1. The van der Waals surface area contributed by atoms with Gasteiger partial charge in [-0.3, -0.25) is 4.79 Å². The van der Waals surface area contributed by atoms with Crippen LogP contribution in [-0.2, 0) is 13.0 Å². The van der Waals surface area contributed by atoms with Gasteiger partial charge in [0.15, 0.2) is 0 Å².